The largest absolute Gasteiger partial charge is 0.348 e. The van der Waals surface area contributed by atoms with E-state index < -0.39 is 29.2 Å². The molecule has 0 saturated heterocycles. The summed E-state index contributed by atoms with van der Waals surface area (Å²) < 4.78 is 0. The molecule has 1 aliphatic rings. The van der Waals surface area contributed by atoms with Gasteiger partial charge in [0.1, 0.15) is 6.54 Å². The van der Waals surface area contributed by atoms with Crippen LogP contribution >= 0.6 is 0 Å². The van der Waals surface area contributed by atoms with Crippen molar-refractivity contribution < 1.29 is 19.3 Å². The summed E-state index contributed by atoms with van der Waals surface area (Å²) in [6.45, 7) is 3.45. The quantitative estimate of drug-likeness (QED) is 0.470. The van der Waals surface area contributed by atoms with E-state index in [1.54, 1.807) is 0 Å². The van der Waals surface area contributed by atoms with E-state index in [4.69, 9.17) is 0 Å². The summed E-state index contributed by atoms with van der Waals surface area (Å²) >= 11 is 0. The monoisotopic (exact) mass is 381 g/mol. The van der Waals surface area contributed by atoms with Crippen LogP contribution in [0.4, 0.5) is 5.69 Å². The predicted molar refractivity (Wildman–Crippen MR) is 101 cm³/mol. The Balaban J connectivity index is 1.73. The van der Waals surface area contributed by atoms with Crippen LogP contribution in [0.25, 0.3) is 0 Å². The van der Waals surface area contributed by atoms with Crippen molar-refractivity contribution in [1.82, 2.24) is 10.2 Å². The van der Waals surface area contributed by atoms with Gasteiger partial charge in [-0.25, -0.2) is 0 Å². The van der Waals surface area contributed by atoms with Crippen LogP contribution in [0.2, 0.25) is 0 Å². The van der Waals surface area contributed by atoms with Crippen LogP contribution in [0, 0.1) is 17.0 Å². The van der Waals surface area contributed by atoms with Crippen LogP contribution in [-0.4, -0.2) is 34.1 Å². The third-order valence-electron chi connectivity index (χ3n) is 4.69. The van der Waals surface area contributed by atoms with Crippen molar-refractivity contribution in [2.24, 2.45) is 0 Å². The fourth-order valence-corrected chi connectivity index (χ4v) is 3.14. The molecule has 0 saturated carbocycles. The van der Waals surface area contributed by atoms with Crippen LogP contribution in [0.1, 0.15) is 51.2 Å². The summed E-state index contributed by atoms with van der Waals surface area (Å²) in [5.41, 5.74) is 1.76. The van der Waals surface area contributed by atoms with Crippen molar-refractivity contribution in [3.05, 3.63) is 74.8 Å². The van der Waals surface area contributed by atoms with Gasteiger partial charge in [-0.1, -0.05) is 36.8 Å². The molecule has 0 bridgehead atoms. The lowest BCUT2D eigenvalue weighted by Gasteiger charge is -2.20. The van der Waals surface area contributed by atoms with E-state index in [2.05, 4.69) is 5.32 Å². The van der Waals surface area contributed by atoms with Gasteiger partial charge in [-0.15, -0.1) is 0 Å². The molecule has 2 aromatic carbocycles. The Morgan fingerprint density at radius 2 is 1.75 bits per heavy atom. The molecular weight excluding hydrogens is 362 g/mol. The number of nitrogens with one attached hydrogen (secondary N) is 1. The van der Waals surface area contributed by atoms with E-state index in [0.29, 0.717) is 6.42 Å². The summed E-state index contributed by atoms with van der Waals surface area (Å²) in [6, 6.07) is 11.0. The maximum absolute atomic E-state index is 12.5. The predicted octanol–water partition coefficient (Wildman–Crippen LogP) is 2.77. The van der Waals surface area contributed by atoms with Gasteiger partial charge >= 0.3 is 0 Å². The molecule has 3 amide bonds. The van der Waals surface area contributed by atoms with Crippen molar-refractivity contribution in [2.45, 2.75) is 26.3 Å². The third-order valence-corrected chi connectivity index (χ3v) is 4.69. The summed E-state index contributed by atoms with van der Waals surface area (Å²) in [5, 5.41) is 13.7. The van der Waals surface area contributed by atoms with Gasteiger partial charge in [0.25, 0.3) is 17.5 Å². The number of fused-ring (bicyclic) bond motifs is 1. The molecular formula is C20H19N3O5. The first kappa shape index (κ1) is 19.2. The fraction of sp³-hybridized carbons (Fsp3) is 0.250. The Bertz CT molecular complexity index is 968. The third kappa shape index (κ3) is 3.62. The van der Waals surface area contributed by atoms with Crippen molar-refractivity contribution in [3.8, 4) is 0 Å². The highest BCUT2D eigenvalue weighted by molar-refractivity contribution is 6.22. The molecule has 2 aromatic rings. The molecule has 8 heteroatoms. The Labute approximate surface area is 161 Å². The minimum atomic E-state index is -0.706. The molecule has 3 rings (SSSR count). The Hall–Kier alpha value is -3.55. The number of amides is 3. The standard InChI is InChI=1S/C20H19N3O5/c1-3-17(13-6-4-12(2)5-7-13)21-18(24)11-22-19(25)15-9-8-14(23(27)28)10-16(15)20(22)26/h4-10,17H,3,11H2,1-2H3,(H,21,24)/t17-/m0/s1. The zero-order valence-electron chi connectivity index (χ0n) is 15.5. The highest BCUT2D eigenvalue weighted by atomic mass is 16.6. The molecule has 0 spiro atoms. The highest BCUT2D eigenvalue weighted by Gasteiger charge is 2.38. The second-order valence-corrected chi connectivity index (χ2v) is 6.62. The molecule has 0 aromatic heterocycles. The van der Waals surface area contributed by atoms with E-state index in [1.165, 1.54) is 6.07 Å². The van der Waals surface area contributed by atoms with Gasteiger partial charge in [-0.3, -0.25) is 29.4 Å². The average molecular weight is 381 g/mol. The fourth-order valence-electron chi connectivity index (χ4n) is 3.14. The molecule has 144 valence electrons. The van der Waals surface area contributed by atoms with E-state index in [9.17, 15) is 24.5 Å². The highest BCUT2D eigenvalue weighted by Crippen LogP contribution is 2.26. The van der Waals surface area contributed by atoms with E-state index in [-0.39, 0.29) is 22.9 Å². The number of aryl methyl sites for hydroxylation is 1. The number of nitrogens with zero attached hydrogens (tertiary/aromatic N) is 2. The van der Waals surface area contributed by atoms with Gasteiger partial charge in [0.15, 0.2) is 0 Å². The first-order chi connectivity index (χ1) is 13.3. The van der Waals surface area contributed by atoms with Crippen LogP contribution < -0.4 is 5.32 Å². The molecule has 0 radical (unpaired) electrons. The van der Waals surface area contributed by atoms with Crippen molar-refractivity contribution in [1.29, 1.82) is 0 Å². The molecule has 28 heavy (non-hydrogen) atoms. The number of nitro groups is 1. The molecule has 1 aliphatic heterocycles. The number of carbonyl (C=O) groups is 3. The molecule has 1 atom stereocenters. The van der Waals surface area contributed by atoms with Crippen LogP contribution in [-0.2, 0) is 4.79 Å². The lowest BCUT2D eigenvalue weighted by atomic mass is 10.0. The summed E-state index contributed by atoms with van der Waals surface area (Å²) in [4.78, 5) is 48.4. The zero-order chi connectivity index (χ0) is 20.4. The molecule has 1 N–H and O–H groups in total. The number of rotatable bonds is 6. The molecule has 1 heterocycles. The van der Waals surface area contributed by atoms with Gasteiger partial charge in [0, 0.05) is 12.1 Å². The number of carbonyl (C=O) groups excluding carboxylic acids is 3. The lowest BCUT2D eigenvalue weighted by Crippen LogP contribution is -2.41. The average Bonchev–Trinajstić information content (AvgIpc) is 2.91. The van der Waals surface area contributed by atoms with Gasteiger partial charge in [0.05, 0.1) is 22.1 Å². The Kier molecular flexibility index (Phi) is 5.21. The first-order valence-electron chi connectivity index (χ1n) is 8.82. The topological polar surface area (TPSA) is 110 Å². The first-order valence-corrected chi connectivity index (χ1v) is 8.82. The van der Waals surface area contributed by atoms with E-state index in [1.807, 2.05) is 38.1 Å². The number of benzene rings is 2. The van der Waals surface area contributed by atoms with E-state index >= 15 is 0 Å². The Morgan fingerprint density at radius 1 is 1.11 bits per heavy atom. The summed E-state index contributed by atoms with van der Waals surface area (Å²) in [7, 11) is 0. The van der Waals surface area contributed by atoms with Crippen LogP contribution in [0.3, 0.4) is 0 Å². The normalized spacial score (nSPS) is 14.0. The number of nitro benzene ring substituents is 1. The second-order valence-electron chi connectivity index (χ2n) is 6.62. The zero-order valence-corrected chi connectivity index (χ0v) is 15.5. The minimum Gasteiger partial charge on any atom is -0.348 e. The van der Waals surface area contributed by atoms with Crippen LogP contribution in [0.15, 0.2) is 42.5 Å². The SMILES string of the molecule is CC[C@H](NC(=O)CN1C(=O)c2ccc([N+](=O)[O-])cc2C1=O)c1ccc(C)cc1. The maximum atomic E-state index is 12.5. The molecule has 0 aliphatic carbocycles. The minimum absolute atomic E-state index is 0.0578. The maximum Gasteiger partial charge on any atom is 0.270 e. The summed E-state index contributed by atoms with van der Waals surface area (Å²) in [5.74, 6) is -1.81. The number of imide groups is 1. The van der Waals surface area contributed by atoms with Crippen molar-refractivity contribution in [3.63, 3.8) is 0 Å². The van der Waals surface area contributed by atoms with Gasteiger partial charge in [0.2, 0.25) is 5.91 Å². The van der Waals surface area contributed by atoms with Crippen molar-refractivity contribution >= 4 is 23.4 Å². The van der Waals surface area contributed by atoms with Gasteiger partial charge in [-0.05, 0) is 25.0 Å². The molecule has 0 fully saturated rings. The smallest absolute Gasteiger partial charge is 0.270 e. The second kappa shape index (κ2) is 7.59. The summed E-state index contributed by atoms with van der Waals surface area (Å²) in [6.07, 6.45) is 0.642. The molecule has 0 unspecified atom stereocenters. The lowest BCUT2D eigenvalue weighted by molar-refractivity contribution is -0.384. The number of hydrogen-bond acceptors (Lipinski definition) is 5. The number of non-ortho nitro benzene ring substituents is 1. The molecule has 8 nitrogen and oxygen atoms in total. The van der Waals surface area contributed by atoms with Gasteiger partial charge < -0.3 is 5.32 Å². The number of hydrogen-bond donors (Lipinski definition) is 1. The van der Waals surface area contributed by atoms with E-state index in [0.717, 1.165) is 28.2 Å². The Morgan fingerprint density at radius 3 is 2.36 bits per heavy atom. The van der Waals surface area contributed by atoms with Crippen molar-refractivity contribution in [2.75, 3.05) is 6.54 Å². The van der Waals surface area contributed by atoms with Crippen LogP contribution in [0.5, 0.6) is 0 Å². The van der Waals surface area contributed by atoms with Gasteiger partial charge in [-0.2, -0.15) is 0 Å².